The summed E-state index contributed by atoms with van der Waals surface area (Å²) in [5.41, 5.74) is 2.78. The van der Waals surface area contributed by atoms with E-state index < -0.39 is 12.8 Å². The van der Waals surface area contributed by atoms with Crippen molar-refractivity contribution in [3.8, 4) is 17.0 Å². The van der Waals surface area contributed by atoms with Crippen molar-refractivity contribution in [2.45, 2.75) is 20.0 Å². The zero-order valence-corrected chi connectivity index (χ0v) is 16.0. The minimum atomic E-state index is -1.17. The molecule has 2 aromatic rings. The topological polar surface area (TPSA) is 45.6 Å². The van der Waals surface area contributed by atoms with Gasteiger partial charge in [-0.25, -0.2) is 9.37 Å². The zero-order valence-electron chi connectivity index (χ0n) is 16.0. The monoisotopic (exact) mass is 370 g/mol. The molecule has 0 fully saturated rings. The van der Waals surface area contributed by atoms with Gasteiger partial charge in [-0.1, -0.05) is 31.4 Å². The van der Waals surface area contributed by atoms with E-state index in [1.54, 1.807) is 18.2 Å². The Labute approximate surface area is 159 Å². The van der Waals surface area contributed by atoms with Crippen LogP contribution in [0.2, 0.25) is 0 Å². The second-order valence-electron chi connectivity index (χ2n) is 6.11. The van der Waals surface area contributed by atoms with Crippen LogP contribution in [0.3, 0.4) is 0 Å². The number of rotatable bonds is 9. The highest BCUT2D eigenvalue weighted by atomic mass is 19.1. The van der Waals surface area contributed by atoms with Gasteiger partial charge in [-0.3, -0.25) is 0 Å². The Morgan fingerprint density at radius 2 is 1.93 bits per heavy atom. The number of hydrogen-bond donors (Lipinski definition) is 1. The lowest BCUT2D eigenvalue weighted by Crippen LogP contribution is -2.31. The number of alkyl halides is 1. The van der Waals surface area contributed by atoms with Crippen LogP contribution in [0.25, 0.3) is 23.9 Å². The van der Waals surface area contributed by atoms with E-state index in [-0.39, 0.29) is 6.61 Å². The first-order chi connectivity index (χ1) is 13.0. The lowest BCUT2D eigenvalue weighted by Gasteiger charge is -2.21. The summed E-state index contributed by atoms with van der Waals surface area (Å²) in [5, 5.41) is 10.7. The van der Waals surface area contributed by atoms with Gasteiger partial charge in [-0.2, -0.15) is 0 Å². The molecule has 0 spiro atoms. The molecule has 0 saturated heterocycles. The van der Waals surface area contributed by atoms with E-state index in [1.165, 1.54) is 0 Å². The third-order valence-electron chi connectivity index (χ3n) is 4.29. The summed E-state index contributed by atoms with van der Waals surface area (Å²) in [5.74, 6) is 0.491. The van der Waals surface area contributed by atoms with E-state index in [2.05, 4.69) is 49.0 Å². The van der Waals surface area contributed by atoms with Crippen molar-refractivity contribution < 1.29 is 14.2 Å². The van der Waals surface area contributed by atoms with E-state index in [1.807, 2.05) is 12.1 Å². The molecule has 1 atom stereocenters. The van der Waals surface area contributed by atoms with Gasteiger partial charge in [-0.15, -0.1) is 0 Å². The van der Waals surface area contributed by atoms with Crippen LogP contribution in [0.1, 0.15) is 13.8 Å². The number of pyridine rings is 1. The first-order valence-corrected chi connectivity index (χ1v) is 9.08. The summed E-state index contributed by atoms with van der Waals surface area (Å²) < 4.78 is 18.2. The van der Waals surface area contributed by atoms with Gasteiger partial charge in [-0.05, 0) is 32.1 Å². The highest BCUT2D eigenvalue weighted by Crippen LogP contribution is 2.22. The standard InChI is InChI=1S/C22H27FN2O2/c1-5-8-20-16(4)24-21(13-22(20)27-15-19(26)14-23)17-9-11-18(12-10-17)25(6-2)7-3/h5,8-13,19,26H,1,4,6-7,14-15H2,2-3H3/b20-8+. The zero-order chi connectivity index (χ0) is 19.8. The van der Waals surface area contributed by atoms with Gasteiger partial charge >= 0.3 is 0 Å². The van der Waals surface area contributed by atoms with Gasteiger partial charge in [0.1, 0.15) is 25.1 Å². The predicted octanol–water partition coefficient (Wildman–Crippen LogP) is 2.68. The first kappa shape index (κ1) is 20.6. The Hall–Kier alpha value is -2.66. The Kier molecular flexibility index (Phi) is 7.55. The molecule has 1 heterocycles. The number of benzene rings is 1. The number of anilines is 1. The molecular formula is C22H27FN2O2. The molecule has 27 heavy (non-hydrogen) atoms. The Morgan fingerprint density at radius 1 is 1.26 bits per heavy atom. The second kappa shape index (κ2) is 9.88. The van der Waals surface area contributed by atoms with Crippen LogP contribution < -0.4 is 20.2 Å². The van der Waals surface area contributed by atoms with Crippen molar-refractivity contribution in [2.24, 2.45) is 0 Å². The molecule has 1 aromatic carbocycles. The van der Waals surface area contributed by atoms with Gasteiger partial charge in [0.15, 0.2) is 0 Å². The highest BCUT2D eigenvalue weighted by Gasteiger charge is 2.10. The molecule has 0 amide bonds. The average Bonchev–Trinajstić information content (AvgIpc) is 2.69. The molecule has 5 heteroatoms. The van der Waals surface area contributed by atoms with Crippen LogP contribution in [-0.4, -0.2) is 42.6 Å². The molecule has 0 aliphatic heterocycles. The van der Waals surface area contributed by atoms with Crippen molar-refractivity contribution in [3.05, 3.63) is 53.6 Å². The molecule has 0 radical (unpaired) electrons. The first-order valence-electron chi connectivity index (χ1n) is 9.08. The number of aliphatic hydroxyl groups excluding tert-OH is 1. The molecule has 2 rings (SSSR count). The Balaban J connectivity index is 2.42. The van der Waals surface area contributed by atoms with E-state index in [9.17, 15) is 9.50 Å². The van der Waals surface area contributed by atoms with Gasteiger partial charge in [0.05, 0.1) is 11.0 Å². The predicted molar refractivity (Wildman–Crippen MR) is 110 cm³/mol. The maximum absolute atomic E-state index is 12.5. The van der Waals surface area contributed by atoms with E-state index >= 15 is 0 Å². The lowest BCUT2D eigenvalue weighted by atomic mass is 10.1. The lowest BCUT2D eigenvalue weighted by molar-refractivity contribution is 0.0837. The normalized spacial score (nSPS) is 12.7. The summed E-state index contributed by atoms with van der Waals surface area (Å²) in [6.45, 7) is 12.8. The van der Waals surface area contributed by atoms with E-state index in [0.717, 1.165) is 24.3 Å². The number of allylic oxidation sites excluding steroid dienone is 1. The molecule has 0 saturated carbocycles. The number of aliphatic hydroxyl groups is 1. The molecule has 0 aliphatic rings. The minimum absolute atomic E-state index is 0.141. The molecule has 0 bridgehead atoms. The van der Waals surface area contributed by atoms with Crippen LogP contribution >= 0.6 is 0 Å². The smallest absolute Gasteiger partial charge is 0.130 e. The van der Waals surface area contributed by atoms with Gasteiger partial charge in [0.25, 0.3) is 0 Å². The van der Waals surface area contributed by atoms with Crippen LogP contribution in [0, 0.1) is 0 Å². The fourth-order valence-corrected chi connectivity index (χ4v) is 2.81. The van der Waals surface area contributed by atoms with Crippen LogP contribution in [0.5, 0.6) is 5.75 Å². The maximum Gasteiger partial charge on any atom is 0.130 e. The molecule has 1 aromatic heterocycles. The number of aromatic nitrogens is 1. The third kappa shape index (κ3) is 5.17. The highest BCUT2D eigenvalue weighted by molar-refractivity contribution is 5.65. The quantitative estimate of drug-likeness (QED) is 0.737. The van der Waals surface area contributed by atoms with Crippen LogP contribution in [0.15, 0.2) is 43.0 Å². The molecule has 0 aliphatic carbocycles. The summed E-state index contributed by atoms with van der Waals surface area (Å²) >= 11 is 0. The molecule has 1 N–H and O–H groups in total. The third-order valence-corrected chi connectivity index (χ3v) is 4.29. The van der Waals surface area contributed by atoms with Gasteiger partial charge in [0, 0.05) is 35.6 Å². The van der Waals surface area contributed by atoms with Crippen molar-refractivity contribution in [1.82, 2.24) is 4.98 Å². The van der Waals surface area contributed by atoms with Crippen molar-refractivity contribution >= 4 is 18.3 Å². The largest absolute Gasteiger partial charge is 0.490 e. The Morgan fingerprint density at radius 3 is 2.48 bits per heavy atom. The molecule has 144 valence electrons. The second-order valence-corrected chi connectivity index (χ2v) is 6.11. The number of hydrogen-bond acceptors (Lipinski definition) is 4. The van der Waals surface area contributed by atoms with E-state index in [4.69, 9.17) is 4.74 Å². The number of halogens is 1. The van der Waals surface area contributed by atoms with Crippen molar-refractivity contribution in [1.29, 1.82) is 0 Å². The Bertz CT molecular complexity index is 861. The summed E-state index contributed by atoms with van der Waals surface area (Å²) in [6.07, 6.45) is 2.18. The molecular weight excluding hydrogens is 343 g/mol. The van der Waals surface area contributed by atoms with E-state index in [0.29, 0.717) is 22.0 Å². The van der Waals surface area contributed by atoms with Gasteiger partial charge < -0.3 is 14.7 Å². The molecule has 1 unspecified atom stereocenters. The van der Waals surface area contributed by atoms with Crippen LogP contribution in [-0.2, 0) is 0 Å². The summed E-state index contributed by atoms with van der Waals surface area (Å²) in [7, 11) is 0. The average molecular weight is 370 g/mol. The number of nitrogens with zero attached hydrogens (tertiary/aromatic N) is 2. The fourth-order valence-electron chi connectivity index (χ4n) is 2.81. The summed E-state index contributed by atoms with van der Waals surface area (Å²) in [6, 6.07) is 9.91. The minimum Gasteiger partial charge on any atom is -0.490 e. The van der Waals surface area contributed by atoms with Crippen molar-refractivity contribution in [2.75, 3.05) is 31.3 Å². The van der Waals surface area contributed by atoms with Crippen molar-refractivity contribution in [3.63, 3.8) is 0 Å². The fraction of sp³-hybridized carbons (Fsp3) is 0.318. The SMILES string of the molecule is C=C/C=c1/c(OCC(O)CF)cc(-c2ccc(N(CC)CC)cc2)nc1=C. The number of ether oxygens (including phenoxy) is 1. The molecule has 4 nitrogen and oxygen atoms in total. The maximum atomic E-state index is 12.5. The summed E-state index contributed by atoms with van der Waals surface area (Å²) in [4.78, 5) is 6.83. The van der Waals surface area contributed by atoms with Gasteiger partial charge in [0.2, 0.25) is 0 Å². The van der Waals surface area contributed by atoms with Crippen LogP contribution in [0.4, 0.5) is 10.1 Å².